The Labute approximate surface area is 215 Å². The third kappa shape index (κ3) is 4.63. The van der Waals surface area contributed by atoms with Crippen LogP contribution in [0.25, 0.3) is 22.9 Å². The van der Waals surface area contributed by atoms with Crippen molar-refractivity contribution in [3.63, 3.8) is 0 Å². The summed E-state index contributed by atoms with van der Waals surface area (Å²) >= 11 is 12.9. The molecule has 36 heavy (non-hydrogen) atoms. The van der Waals surface area contributed by atoms with Gasteiger partial charge in [-0.2, -0.15) is 0 Å². The smallest absolute Gasteiger partial charge is 0.373 e. The number of nitrogens with zero attached hydrogens (tertiary/aromatic N) is 5. The summed E-state index contributed by atoms with van der Waals surface area (Å²) in [7, 11) is 0. The Morgan fingerprint density at radius 2 is 1.75 bits per heavy atom. The standard InChI is InChI=1S/C24H22Cl2N6O4/c25-17-2-1-3-18(26)19(17)20-16(21(35-30-20)13-4-5-13)12-34-15-6-8-32(9-7-15)14-10-27-22(28-11-14)23-29-24(33)36-31-23/h1-3,10-11,13,15H,4-9,12H2,(H,29,31,33). The summed E-state index contributed by atoms with van der Waals surface area (Å²) in [6, 6.07) is 5.42. The van der Waals surface area contributed by atoms with Crippen LogP contribution in [-0.4, -0.2) is 44.5 Å². The first kappa shape index (κ1) is 23.2. The van der Waals surface area contributed by atoms with Gasteiger partial charge < -0.3 is 14.2 Å². The minimum atomic E-state index is -0.641. The van der Waals surface area contributed by atoms with Gasteiger partial charge in [-0.1, -0.05) is 39.6 Å². The normalized spacial score (nSPS) is 16.6. The maximum Gasteiger partial charge on any atom is 0.439 e. The number of ether oxygens (including phenoxy) is 1. The van der Waals surface area contributed by atoms with Gasteiger partial charge in [0.15, 0.2) is 5.82 Å². The van der Waals surface area contributed by atoms with E-state index in [9.17, 15) is 4.79 Å². The van der Waals surface area contributed by atoms with Gasteiger partial charge in [-0.05, 0) is 37.8 Å². The van der Waals surface area contributed by atoms with E-state index < -0.39 is 5.76 Å². The number of piperidine rings is 1. The Hall–Kier alpha value is -3.21. The number of hydrogen-bond donors (Lipinski definition) is 1. The fourth-order valence-electron chi connectivity index (χ4n) is 4.46. The van der Waals surface area contributed by atoms with Gasteiger partial charge in [0.1, 0.15) is 11.5 Å². The summed E-state index contributed by atoms with van der Waals surface area (Å²) in [6.45, 7) is 2.00. The van der Waals surface area contributed by atoms with Gasteiger partial charge in [0.05, 0.1) is 40.8 Å². The lowest BCUT2D eigenvalue weighted by Gasteiger charge is -2.33. The minimum absolute atomic E-state index is 0.0955. The number of aromatic amines is 1. The van der Waals surface area contributed by atoms with Gasteiger partial charge in [0.25, 0.3) is 0 Å². The van der Waals surface area contributed by atoms with Crippen molar-refractivity contribution in [1.29, 1.82) is 0 Å². The second-order valence-corrected chi connectivity index (χ2v) is 9.77. The number of hydrogen-bond acceptors (Lipinski definition) is 9. The monoisotopic (exact) mass is 528 g/mol. The number of H-pyrrole nitrogens is 1. The van der Waals surface area contributed by atoms with Crippen LogP contribution in [-0.2, 0) is 11.3 Å². The highest BCUT2D eigenvalue weighted by molar-refractivity contribution is 6.39. The maximum atomic E-state index is 11.1. The number of anilines is 1. The average molecular weight is 529 g/mol. The lowest BCUT2D eigenvalue weighted by Crippen LogP contribution is -2.37. The zero-order valence-electron chi connectivity index (χ0n) is 19.1. The number of aromatic nitrogens is 5. The van der Waals surface area contributed by atoms with Crippen molar-refractivity contribution in [1.82, 2.24) is 25.3 Å². The van der Waals surface area contributed by atoms with Gasteiger partial charge in [0.2, 0.25) is 5.82 Å². The molecule has 1 aromatic carbocycles. The molecule has 186 valence electrons. The first-order chi connectivity index (χ1) is 17.6. The van der Waals surface area contributed by atoms with Crippen molar-refractivity contribution in [2.24, 2.45) is 0 Å². The first-order valence-electron chi connectivity index (χ1n) is 11.7. The molecule has 10 nitrogen and oxygen atoms in total. The zero-order valence-corrected chi connectivity index (χ0v) is 20.6. The van der Waals surface area contributed by atoms with E-state index in [0.717, 1.165) is 55.8 Å². The predicted molar refractivity (Wildman–Crippen MR) is 132 cm³/mol. The molecule has 1 aliphatic heterocycles. The molecule has 3 aromatic heterocycles. The first-order valence-corrected chi connectivity index (χ1v) is 12.5. The zero-order chi connectivity index (χ0) is 24.6. The van der Waals surface area contributed by atoms with E-state index in [1.807, 2.05) is 6.07 Å². The van der Waals surface area contributed by atoms with Crippen LogP contribution in [0.3, 0.4) is 0 Å². The van der Waals surface area contributed by atoms with Gasteiger partial charge in [-0.3, -0.25) is 9.51 Å². The molecule has 0 amide bonds. The van der Waals surface area contributed by atoms with Crippen molar-refractivity contribution in [2.45, 2.75) is 44.3 Å². The van der Waals surface area contributed by atoms with Crippen molar-refractivity contribution >= 4 is 28.9 Å². The van der Waals surface area contributed by atoms with E-state index in [-0.39, 0.29) is 11.9 Å². The lowest BCUT2D eigenvalue weighted by atomic mass is 10.0. The van der Waals surface area contributed by atoms with Crippen LogP contribution in [0, 0.1) is 0 Å². The third-order valence-electron chi connectivity index (χ3n) is 6.53. The summed E-state index contributed by atoms with van der Waals surface area (Å²) in [5, 5.41) is 9.03. The molecular formula is C24H22Cl2N6O4. The van der Waals surface area contributed by atoms with Crippen LogP contribution in [0.5, 0.6) is 0 Å². The van der Waals surface area contributed by atoms with Crippen LogP contribution in [0.1, 0.15) is 42.9 Å². The summed E-state index contributed by atoms with van der Waals surface area (Å²) in [5.41, 5.74) is 3.18. The van der Waals surface area contributed by atoms with E-state index in [4.69, 9.17) is 32.5 Å². The number of benzene rings is 1. The Bertz CT molecular complexity index is 1400. The molecule has 1 saturated heterocycles. The van der Waals surface area contributed by atoms with Crippen LogP contribution in [0.15, 0.2) is 44.4 Å². The Kier molecular flexibility index (Phi) is 6.24. The van der Waals surface area contributed by atoms with Crippen LogP contribution in [0.2, 0.25) is 10.0 Å². The van der Waals surface area contributed by atoms with Gasteiger partial charge in [0, 0.05) is 30.1 Å². The van der Waals surface area contributed by atoms with Crippen LogP contribution in [0.4, 0.5) is 5.69 Å². The van der Waals surface area contributed by atoms with E-state index >= 15 is 0 Å². The molecule has 4 aromatic rings. The SMILES string of the molecule is O=c1[nH]c(-c2ncc(N3CCC(OCc4c(-c5c(Cl)cccc5Cl)noc4C4CC4)CC3)cn2)no1. The van der Waals surface area contributed by atoms with E-state index in [0.29, 0.717) is 39.7 Å². The summed E-state index contributed by atoms with van der Waals surface area (Å²) in [4.78, 5) is 24.4. The van der Waals surface area contributed by atoms with Gasteiger partial charge in [-0.15, -0.1) is 0 Å². The second-order valence-electron chi connectivity index (χ2n) is 8.95. The Morgan fingerprint density at radius 1 is 1.03 bits per heavy atom. The summed E-state index contributed by atoms with van der Waals surface area (Å²) in [5.74, 6) is 1.13. The molecule has 0 spiro atoms. The van der Waals surface area contributed by atoms with Crippen molar-refractivity contribution in [3.05, 3.63) is 62.5 Å². The summed E-state index contributed by atoms with van der Waals surface area (Å²) in [6.07, 6.45) is 7.41. The van der Waals surface area contributed by atoms with Gasteiger partial charge in [-0.25, -0.2) is 14.8 Å². The molecule has 6 rings (SSSR count). The van der Waals surface area contributed by atoms with Crippen molar-refractivity contribution in [2.75, 3.05) is 18.0 Å². The molecule has 4 heterocycles. The Morgan fingerprint density at radius 3 is 2.39 bits per heavy atom. The molecule has 12 heteroatoms. The molecular weight excluding hydrogens is 507 g/mol. The molecule has 0 radical (unpaired) electrons. The van der Waals surface area contributed by atoms with E-state index in [2.05, 4.69) is 34.7 Å². The van der Waals surface area contributed by atoms with Crippen molar-refractivity contribution in [3.8, 4) is 22.9 Å². The van der Waals surface area contributed by atoms with E-state index in [1.54, 1.807) is 24.5 Å². The van der Waals surface area contributed by atoms with Crippen LogP contribution >= 0.6 is 23.2 Å². The maximum absolute atomic E-state index is 11.1. The second kappa shape index (κ2) is 9.68. The molecule has 1 N–H and O–H groups in total. The highest BCUT2D eigenvalue weighted by Gasteiger charge is 2.34. The lowest BCUT2D eigenvalue weighted by molar-refractivity contribution is 0.0246. The highest BCUT2D eigenvalue weighted by atomic mass is 35.5. The number of rotatable bonds is 7. The number of nitrogens with one attached hydrogen (secondary N) is 1. The quantitative estimate of drug-likeness (QED) is 0.358. The Balaban J connectivity index is 1.11. The molecule has 0 unspecified atom stereocenters. The topological polar surface area (TPSA) is 123 Å². The van der Waals surface area contributed by atoms with Crippen molar-refractivity contribution < 1.29 is 13.8 Å². The molecule has 0 atom stereocenters. The fraction of sp³-hybridized carbons (Fsp3) is 0.375. The molecule has 2 fully saturated rings. The minimum Gasteiger partial charge on any atom is -0.373 e. The predicted octanol–water partition coefficient (Wildman–Crippen LogP) is 4.84. The molecule has 0 bridgehead atoms. The molecule has 1 saturated carbocycles. The highest BCUT2D eigenvalue weighted by Crippen LogP contribution is 2.46. The summed E-state index contributed by atoms with van der Waals surface area (Å²) < 4.78 is 16.6. The fourth-order valence-corrected chi connectivity index (χ4v) is 5.04. The average Bonchev–Trinajstić information content (AvgIpc) is 3.51. The molecule has 1 aliphatic carbocycles. The largest absolute Gasteiger partial charge is 0.439 e. The van der Waals surface area contributed by atoms with Crippen LogP contribution < -0.4 is 10.7 Å². The third-order valence-corrected chi connectivity index (χ3v) is 7.16. The van der Waals surface area contributed by atoms with E-state index in [1.165, 1.54) is 0 Å². The molecule has 2 aliphatic rings. The number of halogens is 2. The van der Waals surface area contributed by atoms with Gasteiger partial charge >= 0.3 is 5.76 Å².